The molecule has 0 saturated heterocycles. The van der Waals surface area contributed by atoms with Gasteiger partial charge in [0.15, 0.2) is 5.82 Å². The molecular weight excluding hydrogens is 438 g/mol. The number of thiophene rings is 1. The van der Waals surface area contributed by atoms with E-state index in [1.807, 2.05) is 37.3 Å². The van der Waals surface area contributed by atoms with E-state index in [0.717, 1.165) is 22.4 Å². The summed E-state index contributed by atoms with van der Waals surface area (Å²) in [6, 6.07) is 12.8. The number of hydrogen-bond acceptors (Lipinski definition) is 7. The molecule has 0 unspecified atom stereocenters. The van der Waals surface area contributed by atoms with Gasteiger partial charge in [-0.25, -0.2) is 15.0 Å². The van der Waals surface area contributed by atoms with E-state index >= 15 is 0 Å². The van der Waals surface area contributed by atoms with Crippen LogP contribution in [0.5, 0.6) is 0 Å². The number of nitrogens with zero attached hydrogens (tertiary/aromatic N) is 4. The number of aromatic nitrogens is 5. The van der Waals surface area contributed by atoms with Gasteiger partial charge in [0.1, 0.15) is 24.0 Å². The second-order valence-corrected chi connectivity index (χ2v) is 8.60. The maximum atomic E-state index is 12.7. The summed E-state index contributed by atoms with van der Waals surface area (Å²) < 4.78 is 0. The summed E-state index contributed by atoms with van der Waals surface area (Å²) in [5, 5.41) is 12.4. The van der Waals surface area contributed by atoms with E-state index in [1.165, 1.54) is 23.6 Å². The number of amides is 2. The molecule has 4 aromatic rings. The Hall–Kier alpha value is -3.92. The molecule has 3 aromatic heterocycles. The highest BCUT2D eigenvalue weighted by molar-refractivity contribution is 7.11. The number of aryl methyl sites for hydroxylation is 1. The number of hydrogen-bond donors (Lipinski definition) is 3. The van der Waals surface area contributed by atoms with Crippen LogP contribution >= 0.6 is 11.3 Å². The monoisotopic (exact) mass is 461 g/mol. The fourth-order valence-corrected chi connectivity index (χ4v) is 4.10. The van der Waals surface area contributed by atoms with Crippen molar-refractivity contribution in [2.45, 2.75) is 32.9 Å². The summed E-state index contributed by atoms with van der Waals surface area (Å²) in [6.07, 6.45) is 3.64. The van der Waals surface area contributed by atoms with Crippen molar-refractivity contribution in [1.82, 2.24) is 35.8 Å². The number of rotatable bonds is 8. The summed E-state index contributed by atoms with van der Waals surface area (Å²) >= 11 is 1.66. The average Bonchev–Trinajstić information content (AvgIpc) is 3.55. The summed E-state index contributed by atoms with van der Waals surface area (Å²) in [5.41, 5.74) is 2.09. The van der Waals surface area contributed by atoms with E-state index in [1.54, 1.807) is 11.3 Å². The number of carbonyl (C=O) groups excluding carboxylic acids is 2. The molecule has 0 aliphatic heterocycles. The molecule has 33 heavy (non-hydrogen) atoms. The maximum Gasteiger partial charge on any atom is 0.270 e. The lowest BCUT2D eigenvalue weighted by molar-refractivity contribution is 0.0934. The Morgan fingerprint density at radius 3 is 2.36 bits per heavy atom. The molecule has 0 spiro atoms. The van der Waals surface area contributed by atoms with Gasteiger partial charge in [-0.3, -0.25) is 14.7 Å². The van der Waals surface area contributed by atoms with Gasteiger partial charge < -0.3 is 10.6 Å². The third-order valence-corrected chi connectivity index (χ3v) is 6.30. The first-order valence-electron chi connectivity index (χ1n) is 10.5. The lowest BCUT2D eigenvalue weighted by Crippen LogP contribution is -2.29. The molecule has 1 atom stereocenters. The number of aromatic amines is 1. The van der Waals surface area contributed by atoms with Crippen molar-refractivity contribution >= 4 is 23.2 Å². The van der Waals surface area contributed by atoms with Gasteiger partial charge in [-0.2, -0.15) is 5.10 Å². The first-order valence-corrected chi connectivity index (χ1v) is 11.3. The second kappa shape index (κ2) is 10.1. The normalized spacial score (nSPS) is 11.7. The van der Waals surface area contributed by atoms with E-state index < -0.39 is 0 Å². The van der Waals surface area contributed by atoms with Gasteiger partial charge in [0.25, 0.3) is 11.8 Å². The Balaban J connectivity index is 1.37. The molecule has 0 saturated carbocycles. The molecular formula is C23H23N7O2S. The zero-order chi connectivity index (χ0) is 23.2. The average molecular weight is 462 g/mol. The molecule has 1 aromatic carbocycles. The van der Waals surface area contributed by atoms with Gasteiger partial charge in [-0.15, -0.1) is 11.3 Å². The zero-order valence-electron chi connectivity index (χ0n) is 18.2. The van der Waals surface area contributed by atoms with Crippen LogP contribution < -0.4 is 10.6 Å². The molecule has 0 radical (unpaired) electrons. The summed E-state index contributed by atoms with van der Waals surface area (Å²) in [6.45, 7) is 4.38. The number of benzene rings is 1. The smallest absolute Gasteiger partial charge is 0.270 e. The lowest BCUT2D eigenvalue weighted by atomic mass is 10.1. The summed E-state index contributed by atoms with van der Waals surface area (Å²) in [7, 11) is 0. The van der Waals surface area contributed by atoms with E-state index in [4.69, 9.17) is 0 Å². The minimum atomic E-state index is -0.385. The van der Waals surface area contributed by atoms with Gasteiger partial charge in [0, 0.05) is 21.4 Å². The first kappa shape index (κ1) is 22.3. The van der Waals surface area contributed by atoms with Crippen LogP contribution in [0.1, 0.15) is 56.2 Å². The highest BCUT2D eigenvalue weighted by atomic mass is 32.1. The largest absolute Gasteiger partial charge is 0.346 e. The topological polar surface area (TPSA) is 126 Å². The third-order valence-electron chi connectivity index (χ3n) is 5.07. The highest BCUT2D eigenvalue weighted by Crippen LogP contribution is 2.19. The quantitative estimate of drug-likeness (QED) is 0.370. The maximum absolute atomic E-state index is 12.7. The van der Waals surface area contributed by atoms with Crippen LogP contribution in [-0.4, -0.2) is 37.0 Å². The fraction of sp³-hybridized carbons (Fsp3) is 0.217. The summed E-state index contributed by atoms with van der Waals surface area (Å²) in [5.74, 6) is -0.0621. The third kappa shape index (κ3) is 5.47. The molecule has 9 nitrogen and oxygen atoms in total. The summed E-state index contributed by atoms with van der Waals surface area (Å²) in [4.78, 5) is 39.7. The number of nitrogens with one attached hydrogen (secondary N) is 3. The Morgan fingerprint density at radius 2 is 1.70 bits per heavy atom. The van der Waals surface area contributed by atoms with Crippen molar-refractivity contribution in [3.63, 3.8) is 0 Å². The lowest BCUT2D eigenvalue weighted by Gasteiger charge is -2.14. The molecule has 168 valence electrons. The van der Waals surface area contributed by atoms with E-state index in [9.17, 15) is 9.59 Å². The van der Waals surface area contributed by atoms with Crippen molar-refractivity contribution in [2.75, 3.05) is 0 Å². The minimum Gasteiger partial charge on any atom is -0.346 e. The van der Waals surface area contributed by atoms with Crippen LogP contribution in [0.3, 0.4) is 0 Å². The Kier molecular flexibility index (Phi) is 6.84. The Labute approximate surface area is 194 Å². The second-order valence-electron chi connectivity index (χ2n) is 7.34. The van der Waals surface area contributed by atoms with Crippen LogP contribution in [0.15, 0.2) is 55.1 Å². The van der Waals surface area contributed by atoms with Crippen LogP contribution in [-0.2, 0) is 13.0 Å². The number of H-pyrrole nitrogens is 1. The van der Waals surface area contributed by atoms with Crippen LogP contribution in [0.25, 0.3) is 11.4 Å². The van der Waals surface area contributed by atoms with Gasteiger partial charge in [0.05, 0.1) is 12.6 Å². The molecule has 0 fully saturated rings. The molecule has 4 rings (SSSR count). The predicted octanol–water partition coefficient (Wildman–Crippen LogP) is 3.31. The van der Waals surface area contributed by atoms with Gasteiger partial charge in [-0.1, -0.05) is 31.2 Å². The van der Waals surface area contributed by atoms with Gasteiger partial charge in [0.2, 0.25) is 0 Å². The molecule has 0 aliphatic carbocycles. The van der Waals surface area contributed by atoms with Crippen molar-refractivity contribution in [3.8, 4) is 11.4 Å². The molecule has 0 aliphatic rings. The molecule has 0 bridgehead atoms. The van der Waals surface area contributed by atoms with Crippen LogP contribution in [0.4, 0.5) is 0 Å². The molecule has 3 N–H and O–H groups in total. The van der Waals surface area contributed by atoms with Crippen molar-refractivity contribution in [2.24, 2.45) is 0 Å². The zero-order valence-corrected chi connectivity index (χ0v) is 19.0. The van der Waals surface area contributed by atoms with Gasteiger partial charge >= 0.3 is 0 Å². The molecule has 3 heterocycles. The van der Waals surface area contributed by atoms with Crippen LogP contribution in [0, 0.1) is 0 Å². The standard InChI is InChI=1S/C23H23N7O2S/c1-3-17-8-9-18(33-17)11-24-22(31)19-10-20(26-12-25-19)23(32)29-14(2)15-4-6-16(7-5-15)21-27-13-28-30-21/h4-10,12-14H,3,11H2,1-2H3,(H,24,31)(H,29,32)(H,27,28,30)/t14-/m0/s1. The van der Waals surface area contributed by atoms with Gasteiger partial charge in [-0.05, 0) is 31.0 Å². The Bertz CT molecular complexity index is 1240. The minimum absolute atomic E-state index is 0.129. The first-order chi connectivity index (χ1) is 16.0. The molecule has 10 heteroatoms. The van der Waals surface area contributed by atoms with E-state index in [-0.39, 0.29) is 29.2 Å². The molecule has 2 amide bonds. The SMILES string of the molecule is CCc1ccc(CNC(=O)c2cc(C(=O)N[C@@H](C)c3ccc(-c4ncn[nH]4)cc3)ncn2)s1. The van der Waals surface area contributed by atoms with Crippen molar-refractivity contribution in [1.29, 1.82) is 0 Å². The Morgan fingerprint density at radius 1 is 0.970 bits per heavy atom. The van der Waals surface area contributed by atoms with Crippen molar-refractivity contribution < 1.29 is 9.59 Å². The van der Waals surface area contributed by atoms with E-state index in [2.05, 4.69) is 48.8 Å². The van der Waals surface area contributed by atoms with Crippen LogP contribution in [0.2, 0.25) is 0 Å². The number of carbonyl (C=O) groups is 2. The predicted molar refractivity (Wildman–Crippen MR) is 125 cm³/mol. The fourth-order valence-electron chi connectivity index (χ4n) is 3.20. The van der Waals surface area contributed by atoms with Crippen molar-refractivity contribution in [3.05, 3.63) is 81.8 Å². The highest BCUT2D eigenvalue weighted by Gasteiger charge is 2.16. The van der Waals surface area contributed by atoms with E-state index in [0.29, 0.717) is 12.4 Å².